The lowest BCUT2D eigenvalue weighted by atomic mass is 9.78. The molecule has 4 aromatic rings. The molecule has 208 valence electrons. The van der Waals surface area contributed by atoms with E-state index in [0.717, 1.165) is 34.6 Å². The molecule has 0 aliphatic carbocycles. The topological polar surface area (TPSA) is 115 Å². The van der Waals surface area contributed by atoms with Gasteiger partial charge < -0.3 is 9.88 Å². The van der Waals surface area contributed by atoms with E-state index >= 15 is 0 Å². The van der Waals surface area contributed by atoms with Crippen LogP contribution in [-0.4, -0.2) is 46.3 Å². The third-order valence-electron chi connectivity index (χ3n) is 7.01. The SMILES string of the molecule is CCCCc1cn(-c2c(C(=O)C(F)(F)F)ccn2C)c(=O)n1CC1(c2cccc(-c3nnn[nH]3)c2)C=CNC=C1. The van der Waals surface area contributed by atoms with Crippen molar-refractivity contribution in [1.29, 1.82) is 0 Å². The molecule has 4 heterocycles. The minimum absolute atomic E-state index is 0.130. The Morgan fingerprint density at radius 1 is 1.15 bits per heavy atom. The van der Waals surface area contributed by atoms with Crippen LogP contribution in [0.5, 0.6) is 0 Å². The molecular formula is C27H27F3N8O2. The summed E-state index contributed by atoms with van der Waals surface area (Å²) in [5.74, 6) is -1.65. The van der Waals surface area contributed by atoms with Crippen molar-refractivity contribution in [2.45, 2.75) is 44.3 Å². The van der Waals surface area contributed by atoms with Gasteiger partial charge in [-0.1, -0.05) is 43.7 Å². The molecule has 0 amide bonds. The minimum Gasteiger partial charge on any atom is -0.368 e. The number of rotatable bonds is 9. The average Bonchev–Trinajstić information content (AvgIpc) is 3.68. The lowest BCUT2D eigenvalue weighted by Gasteiger charge is -2.31. The van der Waals surface area contributed by atoms with Crippen molar-refractivity contribution in [2.24, 2.45) is 7.05 Å². The average molecular weight is 553 g/mol. The molecule has 5 rings (SSSR count). The first-order valence-corrected chi connectivity index (χ1v) is 12.7. The van der Waals surface area contributed by atoms with Crippen molar-refractivity contribution in [3.05, 3.63) is 94.6 Å². The lowest BCUT2D eigenvalue weighted by Crippen LogP contribution is -2.36. The number of hydrogen-bond donors (Lipinski definition) is 2. The van der Waals surface area contributed by atoms with Gasteiger partial charge in [-0.2, -0.15) is 13.2 Å². The number of allylic oxidation sites excluding steroid dienone is 2. The Morgan fingerprint density at radius 3 is 2.60 bits per heavy atom. The Kier molecular flexibility index (Phi) is 7.04. The maximum Gasteiger partial charge on any atom is 0.455 e. The first-order valence-electron chi connectivity index (χ1n) is 12.7. The predicted molar refractivity (Wildman–Crippen MR) is 141 cm³/mol. The number of H-pyrrole nitrogens is 1. The Hall–Kier alpha value is -4.68. The second kappa shape index (κ2) is 10.5. The molecule has 0 radical (unpaired) electrons. The van der Waals surface area contributed by atoms with E-state index in [1.807, 2.05) is 43.3 Å². The Balaban J connectivity index is 1.64. The number of carbonyl (C=O) groups excluding carboxylic acids is 1. The summed E-state index contributed by atoms with van der Waals surface area (Å²) in [6.45, 7) is 2.18. The number of halogens is 3. The Bertz CT molecular complexity index is 1630. The fourth-order valence-electron chi connectivity index (χ4n) is 4.95. The summed E-state index contributed by atoms with van der Waals surface area (Å²) >= 11 is 0. The van der Waals surface area contributed by atoms with Crippen molar-refractivity contribution in [3.8, 4) is 17.2 Å². The standard InChI is InChI=1S/C27H27F3N8O2/c1-3-4-8-20-16-37(24-21(9-14-36(24)2)22(39)27(28,29)30)25(40)38(20)17-26(10-12-31-13-11-26)19-7-5-6-18(15-19)23-32-34-35-33-23/h5-7,9-16,31H,3-4,8,17H2,1-2H3,(H,32,33,34,35). The third-order valence-corrected chi connectivity index (χ3v) is 7.01. The first kappa shape index (κ1) is 26.9. The largest absolute Gasteiger partial charge is 0.455 e. The van der Waals surface area contributed by atoms with Crippen LogP contribution in [0.15, 0.2) is 72.1 Å². The number of aryl methyl sites for hydroxylation is 2. The summed E-state index contributed by atoms with van der Waals surface area (Å²) in [5, 5.41) is 17.1. The van der Waals surface area contributed by atoms with Crippen LogP contribution in [0.3, 0.4) is 0 Å². The molecule has 1 aromatic carbocycles. The van der Waals surface area contributed by atoms with Gasteiger partial charge in [0.15, 0.2) is 5.82 Å². The first-order chi connectivity index (χ1) is 19.1. The van der Waals surface area contributed by atoms with E-state index in [0.29, 0.717) is 17.9 Å². The van der Waals surface area contributed by atoms with Gasteiger partial charge in [0.1, 0.15) is 5.82 Å². The van der Waals surface area contributed by atoms with E-state index in [2.05, 4.69) is 25.9 Å². The number of carbonyl (C=O) groups is 1. The van der Waals surface area contributed by atoms with Crippen LogP contribution >= 0.6 is 0 Å². The van der Waals surface area contributed by atoms with Crippen LogP contribution in [0.2, 0.25) is 0 Å². The predicted octanol–water partition coefficient (Wildman–Crippen LogP) is 3.81. The molecule has 0 fully saturated rings. The number of unbranched alkanes of at least 4 members (excludes halogenated alkanes) is 1. The van der Waals surface area contributed by atoms with Gasteiger partial charge in [0.2, 0.25) is 0 Å². The summed E-state index contributed by atoms with van der Waals surface area (Å²) in [5.41, 5.74) is 0.333. The van der Waals surface area contributed by atoms with E-state index in [4.69, 9.17) is 0 Å². The van der Waals surface area contributed by atoms with Crippen LogP contribution < -0.4 is 11.0 Å². The van der Waals surface area contributed by atoms with E-state index in [1.165, 1.54) is 17.8 Å². The van der Waals surface area contributed by atoms with Crippen LogP contribution in [0, 0.1) is 0 Å². The monoisotopic (exact) mass is 552 g/mol. The van der Waals surface area contributed by atoms with Gasteiger partial charge in [0.05, 0.1) is 11.0 Å². The van der Waals surface area contributed by atoms with Crippen molar-refractivity contribution < 1.29 is 18.0 Å². The number of aromatic amines is 1. The van der Waals surface area contributed by atoms with E-state index < -0.39 is 28.6 Å². The third kappa shape index (κ3) is 4.90. The number of ketones is 1. The summed E-state index contributed by atoms with van der Waals surface area (Å²) in [6, 6.07) is 8.66. The van der Waals surface area contributed by atoms with Gasteiger partial charge in [-0.05, 0) is 53.4 Å². The number of aromatic nitrogens is 7. The van der Waals surface area contributed by atoms with Crippen molar-refractivity contribution in [3.63, 3.8) is 0 Å². The molecule has 40 heavy (non-hydrogen) atoms. The molecule has 1 aliphatic rings. The molecule has 0 bridgehead atoms. The maximum atomic E-state index is 14.0. The quantitative estimate of drug-likeness (QED) is 0.305. The number of Topliss-reactive ketones (excluding diaryl/α,β-unsaturated/α-hetero) is 1. The minimum atomic E-state index is -5.08. The van der Waals surface area contributed by atoms with Gasteiger partial charge in [-0.15, -0.1) is 5.10 Å². The molecule has 1 aliphatic heterocycles. The molecule has 0 unspecified atom stereocenters. The highest BCUT2D eigenvalue weighted by atomic mass is 19.4. The van der Waals surface area contributed by atoms with Gasteiger partial charge in [-0.25, -0.2) is 9.89 Å². The van der Waals surface area contributed by atoms with Crippen LogP contribution in [-0.2, 0) is 25.4 Å². The highest BCUT2D eigenvalue weighted by Crippen LogP contribution is 2.34. The van der Waals surface area contributed by atoms with E-state index in [-0.39, 0.29) is 12.4 Å². The number of tetrazole rings is 1. The highest BCUT2D eigenvalue weighted by Gasteiger charge is 2.42. The molecule has 13 heteroatoms. The van der Waals surface area contributed by atoms with Crippen LogP contribution in [0.1, 0.15) is 41.4 Å². The Labute approximate surface area is 226 Å². The summed E-state index contributed by atoms with van der Waals surface area (Å²) in [6.07, 6.45) is 7.35. The zero-order chi connectivity index (χ0) is 28.5. The number of imidazole rings is 1. The van der Waals surface area contributed by atoms with Crippen LogP contribution in [0.4, 0.5) is 13.2 Å². The highest BCUT2D eigenvalue weighted by molar-refractivity contribution is 6.03. The van der Waals surface area contributed by atoms with Gasteiger partial charge in [0.25, 0.3) is 5.78 Å². The van der Waals surface area contributed by atoms with Crippen molar-refractivity contribution >= 4 is 5.78 Å². The normalized spacial score (nSPS) is 14.4. The molecule has 2 N–H and O–H groups in total. The molecule has 0 saturated heterocycles. The number of nitrogens with one attached hydrogen (secondary N) is 2. The fraction of sp³-hybridized carbons (Fsp3) is 0.296. The van der Waals surface area contributed by atoms with Crippen molar-refractivity contribution in [2.75, 3.05) is 0 Å². The zero-order valence-electron chi connectivity index (χ0n) is 21.8. The smallest absolute Gasteiger partial charge is 0.368 e. The second-order valence-corrected chi connectivity index (χ2v) is 9.66. The van der Waals surface area contributed by atoms with Crippen molar-refractivity contribution in [1.82, 2.24) is 39.6 Å². The van der Waals surface area contributed by atoms with Gasteiger partial charge in [-0.3, -0.25) is 13.9 Å². The molecule has 10 nitrogen and oxygen atoms in total. The lowest BCUT2D eigenvalue weighted by molar-refractivity contribution is -0.0885. The number of benzene rings is 1. The zero-order valence-corrected chi connectivity index (χ0v) is 21.8. The Morgan fingerprint density at radius 2 is 1.93 bits per heavy atom. The van der Waals surface area contributed by atoms with Gasteiger partial charge >= 0.3 is 11.9 Å². The molecule has 3 aromatic heterocycles. The summed E-state index contributed by atoms with van der Waals surface area (Å²) < 4.78 is 44.2. The van der Waals surface area contributed by atoms with E-state index in [9.17, 15) is 22.8 Å². The van der Waals surface area contributed by atoms with Gasteiger partial charge in [0, 0.05) is 37.2 Å². The molecular weight excluding hydrogens is 525 g/mol. The summed E-state index contributed by atoms with van der Waals surface area (Å²) in [7, 11) is 1.50. The molecule has 0 saturated carbocycles. The summed E-state index contributed by atoms with van der Waals surface area (Å²) in [4.78, 5) is 26.2. The number of hydrogen-bond acceptors (Lipinski definition) is 6. The number of nitrogens with zero attached hydrogens (tertiary/aromatic N) is 6. The second-order valence-electron chi connectivity index (χ2n) is 9.66. The van der Waals surface area contributed by atoms with E-state index in [1.54, 1.807) is 23.2 Å². The molecule has 0 spiro atoms. The molecule has 0 atom stereocenters. The van der Waals surface area contributed by atoms with Crippen LogP contribution in [0.25, 0.3) is 17.2 Å². The number of dihydropyridines is 1. The number of alkyl halides is 3. The maximum absolute atomic E-state index is 14.0. The fourth-order valence-corrected chi connectivity index (χ4v) is 4.95.